The minimum absolute atomic E-state index is 0.0441. The molecule has 1 aliphatic rings. The molecule has 0 bridgehead atoms. The van der Waals surface area contributed by atoms with Gasteiger partial charge in [0.1, 0.15) is 5.82 Å². The molecule has 0 nitrogen and oxygen atoms in total. The lowest BCUT2D eigenvalue weighted by atomic mass is 9.80. The fourth-order valence-electron chi connectivity index (χ4n) is 4.27. The first-order valence-electron chi connectivity index (χ1n) is 10.5. The van der Waals surface area contributed by atoms with Crippen LogP contribution in [0.2, 0.25) is 0 Å². The molecule has 1 aliphatic carbocycles. The van der Waals surface area contributed by atoms with Gasteiger partial charge < -0.3 is 0 Å². The third kappa shape index (κ3) is 4.51. The molecule has 4 rings (SSSR count). The van der Waals surface area contributed by atoms with Crippen LogP contribution in [0.25, 0.3) is 11.1 Å². The maximum atomic E-state index is 15.2. The van der Waals surface area contributed by atoms with Crippen LogP contribution in [0.3, 0.4) is 0 Å². The number of hydrogen-bond donors (Lipinski definition) is 0. The Labute approximate surface area is 179 Å². The maximum absolute atomic E-state index is 15.2. The quantitative estimate of drug-likeness (QED) is 0.238. The molecule has 4 heteroatoms. The first-order valence-corrected chi connectivity index (χ1v) is 10.5. The van der Waals surface area contributed by atoms with Crippen LogP contribution in [-0.4, -0.2) is 0 Å². The molecule has 0 radical (unpaired) electrons. The number of fused-ring (bicyclic) bond motifs is 1. The molecule has 0 saturated heterocycles. The van der Waals surface area contributed by atoms with Crippen molar-refractivity contribution in [3.05, 3.63) is 94.1 Å². The number of benzene rings is 3. The lowest BCUT2D eigenvalue weighted by Gasteiger charge is -2.25. The summed E-state index contributed by atoms with van der Waals surface area (Å²) < 4.78 is 54.9. The Bertz CT molecular complexity index is 1140. The van der Waals surface area contributed by atoms with E-state index in [1.807, 2.05) is 12.1 Å². The summed E-state index contributed by atoms with van der Waals surface area (Å²) in [7, 11) is 0. The van der Waals surface area contributed by atoms with Gasteiger partial charge in [0.25, 0.3) is 0 Å². The van der Waals surface area contributed by atoms with Crippen LogP contribution >= 0.6 is 0 Å². The van der Waals surface area contributed by atoms with Gasteiger partial charge in [-0.05, 0) is 66.1 Å². The van der Waals surface area contributed by atoms with E-state index in [9.17, 15) is 13.2 Å². The first kappa shape index (κ1) is 21.2. The Morgan fingerprint density at radius 3 is 2.19 bits per heavy atom. The second-order valence-corrected chi connectivity index (χ2v) is 8.04. The second kappa shape index (κ2) is 8.98. The van der Waals surface area contributed by atoms with Gasteiger partial charge in [-0.1, -0.05) is 55.9 Å². The lowest BCUT2D eigenvalue weighted by Crippen LogP contribution is -2.15. The monoisotopic (exact) mass is 422 g/mol. The summed E-state index contributed by atoms with van der Waals surface area (Å²) in [6.07, 6.45) is 5.08. The van der Waals surface area contributed by atoms with Crippen LogP contribution in [0.15, 0.2) is 48.5 Å². The zero-order valence-electron chi connectivity index (χ0n) is 17.2. The Hall–Kier alpha value is -3.06. The Kier molecular flexibility index (Phi) is 6.13. The Morgan fingerprint density at radius 1 is 0.839 bits per heavy atom. The fraction of sp³-hybridized carbons (Fsp3) is 0.259. The molecule has 1 unspecified atom stereocenters. The van der Waals surface area contributed by atoms with E-state index in [4.69, 9.17) is 0 Å². The van der Waals surface area contributed by atoms with Crippen molar-refractivity contribution < 1.29 is 17.6 Å². The summed E-state index contributed by atoms with van der Waals surface area (Å²) in [6, 6.07) is 12.6. The van der Waals surface area contributed by atoms with Crippen LogP contribution in [0.1, 0.15) is 48.4 Å². The lowest BCUT2D eigenvalue weighted by molar-refractivity contribution is 0.415. The van der Waals surface area contributed by atoms with E-state index >= 15 is 4.39 Å². The molecule has 0 fully saturated rings. The van der Waals surface area contributed by atoms with Gasteiger partial charge in [-0.15, -0.1) is 0 Å². The van der Waals surface area contributed by atoms with E-state index in [0.29, 0.717) is 17.0 Å². The van der Waals surface area contributed by atoms with Crippen LogP contribution < -0.4 is 0 Å². The predicted molar refractivity (Wildman–Crippen MR) is 115 cm³/mol. The Morgan fingerprint density at radius 2 is 1.52 bits per heavy atom. The SMILES string of the molecule is CCCC1CCc2c(ccc(-c3ccc(C#Cc4cc(F)c(F)c(F)c4)cc3)c2F)C1. The minimum Gasteiger partial charge on any atom is -0.206 e. The molecule has 0 amide bonds. The number of hydrogen-bond acceptors (Lipinski definition) is 0. The van der Waals surface area contributed by atoms with Gasteiger partial charge in [-0.2, -0.15) is 0 Å². The van der Waals surface area contributed by atoms with Crippen molar-refractivity contribution in [2.75, 3.05) is 0 Å². The van der Waals surface area contributed by atoms with E-state index in [2.05, 4.69) is 18.8 Å². The van der Waals surface area contributed by atoms with Crippen LogP contribution in [0.4, 0.5) is 17.6 Å². The van der Waals surface area contributed by atoms with Gasteiger partial charge in [-0.3, -0.25) is 0 Å². The number of halogens is 4. The topological polar surface area (TPSA) is 0 Å². The van der Waals surface area contributed by atoms with E-state index in [0.717, 1.165) is 54.5 Å². The van der Waals surface area contributed by atoms with E-state index in [1.165, 1.54) is 6.42 Å². The summed E-state index contributed by atoms with van der Waals surface area (Å²) in [6.45, 7) is 2.18. The first-order chi connectivity index (χ1) is 15.0. The summed E-state index contributed by atoms with van der Waals surface area (Å²) in [5.74, 6) is 1.85. The van der Waals surface area contributed by atoms with E-state index < -0.39 is 17.5 Å². The minimum atomic E-state index is -1.51. The second-order valence-electron chi connectivity index (χ2n) is 8.04. The molecular weight excluding hydrogens is 400 g/mol. The van der Waals surface area contributed by atoms with Gasteiger partial charge in [-0.25, -0.2) is 17.6 Å². The van der Waals surface area contributed by atoms with Crippen molar-refractivity contribution in [3.63, 3.8) is 0 Å². The molecule has 31 heavy (non-hydrogen) atoms. The zero-order valence-corrected chi connectivity index (χ0v) is 17.2. The van der Waals surface area contributed by atoms with Crippen LogP contribution in [0.5, 0.6) is 0 Å². The standard InChI is InChI=1S/C27H22F4/c1-2-3-18-8-12-23-21(14-18)11-13-22(26(23)30)20-9-6-17(7-10-20)4-5-19-15-24(28)27(31)25(29)16-19/h6-7,9-11,13,15-16,18H,2-3,8,12,14H2,1H3. The van der Waals surface area contributed by atoms with Gasteiger partial charge in [0.15, 0.2) is 17.5 Å². The third-order valence-corrected chi connectivity index (χ3v) is 5.88. The normalized spacial score (nSPS) is 15.2. The maximum Gasteiger partial charge on any atom is 0.194 e. The highest BCUT2D eigenvalue weighted by Crippen LogP contribution is 2.34. The van der Waals surface area contributed by atoms with Crippen molar-refractivity contribution >= 4 is 0 Å². The molecule has 3 aromatic rings. The van der Waals surface area contributed by atoms with Crippen molar-refractivity contribution in [1.29, 1.82) is 0 Å². The van der Waals surface area contributed by atoms with Crippen molar-refractivity contribution in [1.82, 2.24) is 0 Å². The molecular formula is C27H22F4. The van der Waals surface area contributed by atoms with E-state index in [-0.39, 0.29) is 11.4 Å². The number of rotatable bonds is 3. The molecule has 0 N–H and O–H groups in total. The molecule has 0 heterocycles. The average Bonchev–Trinajstić information content (AvgIpc) is 2.77. The largest absolute Gasteiger partial charge is 0.206 e. The Balaban J connectivity index is 1.56. The summed E-state index contributed by atoms with van der Waals surface area (Å²) >= 11 is 0. The molecule has 0 aliphatic heterocycles. The highest BCUT2D eigenvalue weighted by atomic mass is 19.2. The molecule has 1 atom stereocenters. The van der Waals surface area contributed by atoms with Gasteiger partial charge in [0.05, 0.1) is 0 Å². The molecule has 0 spiro atoms. The summed E-state index contributed by atoms with van der Waals surface area (Å²) in [4.78, 5) is 0. The van der Waals surface area contributed by atoms with Crippen molar-refractivity contribution in [2.24, 2.45) is 5.92 Å². The molecule has 3 aromatic carbocycles. The smallest absolute Gasteiger partial charge is 0.194 e. The molecule has 0 saturated carbocycles. The highest BCUT2D eigenvalue weighted by Gasteiger charge is 2.22. The predicted octanol–water partition coefficient (Wildman–Crippen LogP) is 7.21. The zero-order chi connectivity index (χ0) is 22.0. The average molecular weight is 422 g/mol. The summed E-state index contributed by atoms with van der Waals surface area (Å²) in [5.41, 5.74) is 3.91. The third-order valence-electron chi connectivity index (χ3n) is 5.88. The highest BCUT2D eigenvalue weighted by molar-refractivity contribution is 5.67. The molecule has 0 aromatic heterocycles. The van der Waals surface area contributed by atoms with E-state index in [1.54, 1.807) is 24.3 Å². The van der Waals surface area contributed by atoms with Gasteiger partial charge >= 0.3 is 0 Å². The van der Waals surface area contributed by atoms with Crippen LogP contribution in [0, 0.1) is 41.0 Å². The molecule has 158 valence electrons. The van der Waals surface area contributed by atoms with Crippen LogP contribution in [-0.2, 0) is 12.8 Å². The van der Waals surface area contributed by atoms with Crippen molar-refractivity contribution in [2.45, 2.75) is 39.0 Å². The van der Waals surface area contributed by atoms with Gasteiger partial charge in [0.2, 0.25) is 0 Å². The van der Waals surface area contributed by atoms with Crippen molar-refractivity contribution in [3.8, 4) is 23.0 Å². The fourth-order valence-corrected chi connectivity index (χ4v) is 4.27. The summed E-state index contributed by atoms with van der Waals surface area (Å²) in [5, 5.41) is 0. The van der Waals surface area contributed by atoms with Gasteiger partial charge in [0, 0.05) is 16.7 Å².